The van der Waals surface area contributed by atoms with Gasteiger partial charge in [0.1, 0.15) is 0 Å². The summed E-state index contributed by atoms with van der Waals surface area (Å²) in [5.74, 6) is 2.26. The lowest BCUT2D eigenvalue weighted by Crippen LogP contribution is -2.32. The summed E-state index contributed by atoms with van der Waals surface area (Å²) < 4.78 is 0. The minimum absolute atomic E-state index is 0.182. The van der Waals surface area contributed by atoms with Gasteiger partial charge in [0.2, 0.25) is 0 Å². The van der Waals surface area contributed by atoms with Crippen LogP contribution in [0.3, 0.4) is 0 Å². The van der Waals surface area contributed by atoms with E-state index in [9.17, 15) is 4.79 Å². The van der Waals surface area contributed by atoms with Crippen molar-refractivity contribution in [2.45, 2.75) is 13.3 Å². The SMILES string of the molecule is C#CCN(CCC)C(=O)c1cn[nH]n1. The predicted molar refractivity (Wildman–Crippen MR) is 51.4 cm³/mol. The van der Waals surface area contributed by atoms with Crippen LogP contribution < -0.4 is 0 Å². The van der Waals surface area contributed by atoms with Gasteiger partial charge in [-0.2, -0.15) is 15.4 Å². The molecule has 0 aromatic carbocycles. The number of hydrogen-bond donors (Lipinski definition) is 1. The molecule has 0 atom stereocenters. The molecule has 1 N–H and O–H groups in total. The van der Waals surface area contributed by atoms with Gasteiger partial charge in [0, 0.05) is 6.54 Å². The fourth-order valence-electron chi connectivity index (χ4n) is 1.10. The van der Waals surface area contributed by atoms with Gasteiger partial charge in [0.25, 0.3) is 5.91 Å². The molecule has 0 aliphatic rings. The van der Waals surface area contributed by atoms with E-state index in [1.165, 1.54) is 6.20 Å². The number of H-pyrrole nitrogens is 1. The second-order valence-corrected chi connectivity index (χ2v) is 2.79. The van der Waals surface area contributed by atoms with Crippen molar-refractivity contribution in [3.8, 4) is 12.3 Å². The van der Waals surface area contributed by atoms with Gasteiger partial charge in [-0.15, -0.1) is 6.42 Å². The van der Waals surface area contributed by atoms with Crippen LogP contribution in [-0.2, 0) is 0 Å². The van der Waals surface area contributed by atoms with Gasteiger partial charge in [-0.1, -0.05) is 12.8 Å². The first-order valence-corrected chi connectivity index (χ1v) is 4.38. The van der Waals surface area contributed by atoms with Crippen molar-refractivity contribution in [1.29, 1.82) is 0 Å². The highest BCUT2D eigenvalue weighted by molar-refractivity contribution is 5.92. The summed E-state index contributed by atoms with van der Waals surface area (Å²) in [6.45, 7) is 2.93. The summed E-state index contributed by atoms with van der Waals surface area (Å²) in [6, 6.07) is 0. The van der Waals surface area contributed by atoms with E-state index in [4.69, 9.17) is 6.42 Å². The molecular formula is C9H12N4O. The highest BCUT2D eigenvalue weighted by Gasteiger charge is 2.15. The normalized spacial score (nSPS) is 9.43. The maximum Gasteiger partial charge on any atom is 0.276 e. The van der Waals surface area contributed by atoms with Gasteiger partial charge in [-0.25, -0.2) is 0 Å². The van der Waals surface area contributed by atoms with E-state index in [0.717, 1.165) is 6.42 Å². The van der Waals surface area contributed by atoms with Crippen molar-refractivity contribution < 1.29 is 4.79 Å². The number of nitrogens with zero attached hydrogens (tertiary/aromatic N) is 3. The van der Waals surface area contributed by atoms with Crippen molar-refractivity contribution >= 4 is 5.91 Å². The third-order valence-corrected chi connectivity index (χ3v) is 1.70. The molecule has 5 heteroatoms. The van der Waals surface area contributed by atoms with Gasteiger partial charge >= 0.3 is 0 Å². The Hall–Kier alpha value is -1.83. The molecule has 0 aliphatic heterocycles. The number of terminal acetylenes is 1. The van der Waals surface area contributed by atoms with E-state index >= 15 is 0 Å². The van der Waals surface area contributed by atoms with Gasteiger partial charge in [0.15, 0.2) is 5.69 Å². The van der Waals surface area contributed by atoms with Gasteiger partial charge in [-0.3, -0.25) is 4.79 Å². The Labute approximate surface area is 82.5 Å². The molecule has 0 spiro atoms. The van der Waals surface area contributed by atoms with E-state index in [2.05, 4.69) is 21.3 Å². The third kappa shape index (κ3) is 2.33. The molecule has 14 heavy (non-hydrogen) atoms. The summed E-state index contributed by atoms with van der Waals surface area (Å²) in [4.78, 5) is 13.3. The zero-order valence-electron chi connectivity index (χ0n) is 8.03. The predicted octanol–water partition coefficient (Wildman–Crippen LogP) is 0.290. The van der Waals surface area contributed by atoms with Crippen LogP contribution >= 0.6 is 0 Å². The molecule has 5 nitrogen and oxygen atoms in total. The highest BCUT2D eigenvalue weighted by atomic mass is 16.2. The lowest BCUT2D eigenvalue weighted by molar-refractivity contribution is 0.0771. The zero-order chi connectivity index (χ0) is 10.4. The minimum Gasteiger partial charge on any atom is -0.326 e. The monoisotopic (exact) mass is 192 g/mol. The first-order valence-electron chi connectivity index (χ1n) is 4.38. The topological polar surface area (TPSA) is 61.9 Å². The maximum absolute atomic E-state index is 11.7. The number of carbonyl (C=O) groups is 1. The second-order valence-electron chi connectivity index (χ2n) is 2.79. The maximum atomic E-state index is 11.7. The lowest BCUT2D eigenvalue weighted by atomic mass is 10.3. The van der Waals surface area contributed by atoms with Crippen LogP contribution in [0.2, 0.25) is 0 Å². The lowest BCUT2D eigenvalue weighted by Gasteiger charge is -2.17. The Kier molecular flexibility index (Phi) is 3.68. The summed E-state index contributed by atoms with van der Waals surface area (Å²) >= 11 is 0. The Bertz CT molecular complexity index is 325. The number of amides is 1. The van der Waals surface area contributed by atoms with Crippen molar-refractivity contribution in [3.63, 3.8) is 0 Å². The minimum atomic E-state index is -0.182. The fourth-order valence-corrected chi connectivity index (χ4v) is 1.10. The van der Waals surface area contributed by atoms with Crippen LogP contribution in [0.4, 0.5) is 0 Å². The van der Waals surface area contributed by atoms with Gasteiger partial charge < -0.3 is 4.90 Å². The molecule has 1 aromatic rings. The molecule has 0 bridgehead atoms. The van der Waals surface area contributed by atoms with Crippen molar-refractivity contribution in [2.24, 2.45) is 0 Å². The second kappa shape index (κ2) is 5.02. The molecule has 74 valence electrons. The third-order valence-electron chi connectivity index (χ3n) is 1.70. The van der Waals surface area contributed by atoms with Crippen molar-refractivity contribution in [3.05, 3.63) is 11.9 Å². The molecule has 0 saturated carbocycles. The fraction of sp³-hybridized carbons (Fsp3) is 0.444. The molecule has 1 aromatic heterocycles. The molecule has 1 amide bonds. The van der Waals surface area contributed by atoms with Crippen LogP contribution in [0.25, 0.3) is 0 Å². The van der Waals surface area contributed by atoms with Crippen LogP contribution in [0, 0.1) is 12.3 Å². The highest BCUT2D eigenvalue weighted by Crippen LogP contribution is 1.99. The molecule has 0 aliphatic carbocycles. The number of hydrogen-bond acceptors (Lipinski definition) is 3. The first kappa shape index (κ1) is 10.3. The Morgan fingerprint density at radius 3 is 3.07 bits per heavy atom. The molecule has 1 rings (SSSR count). The van der Waals surface area contributed by atoms with E-state index in [-0.39, 0.29) is 5.91 Å². The zero-order valence-corrected chi connectivity index (χ0v) is 8.03. The number of carbonyl (C=O) groups excluding carboxylic acids is 1. The average molecular weight is 192 g/mol. The molecular weight excluding hydrogens is 180 g/mol. The number of aromatic amines is 1. The summed E-state index contributed by atoms with van der Waals surface area (Å²) in [5, 5.41) is 9.67. The Morgan fingerprint density at radius 1 is 1.79 bits per heavy atom. The van der Waals surface area contributed by atoms with Crippen LogP contribution in [0.1, 0.15) is 23.8 Å². The van der Waals surface area contributed by atoms with E-state index in [1.807, 2.05) is 6.92 Å². The largest absolute Gasteiger partial charge is 0.326 e. The molecule has 0 radical (unpaired) electrons. The van der Waals surface area contributed by atoms with Gasteiger partial charge in [0.05, 0.1) is 12.7 Å². The summed E-state index contributed by atoms with van der Waals surface area (Å²) in [7, 11) is 0. The first-order chi connectivity index (χ1) is 6.79. The van der Waals surface area contributed by atoms with Crippen LogP contribution in [0.5, 0.6) is 0 Å². The quantitative estimate of drug-likeness (QED) is 0.697. The van der Waals surface area contributed by atoms with Gasteiger partial charge in [-0.05, 0) is 6.42 Å². The summed E-state index contributed by atoms with van der Waals surface area (Å²) in [6.07, 6.45) is 7.42. The van der Waals surface area contributed by atoms with E-state index < -0.39 is 0 Å². The summed E-state index contributed by atoms with van der Waals surface area (Å²) in [5.41, 5.74) is 0.300. The van der Waals surface area contributed by atoms with Crippen LogP contribution in [0.15, 0.2) is 6.20 Å². The number of rotatable bonds is 4. The van der Waals surface area contributed by atoms with E-state index in [1.54, 1.807) is 4.90 Å². The van der Waals surface area contributed by atoms with E-state index in [0.29, 0.717) is 18.8 Å². The smallest absolute Gasteiger partial charge is 0.276 e. The number of nitrogens with one attached hydrogen (secondary N) is 1. The van der Waals surface area contributed by atoms with Crippen LogP contribution in [-0.4, -0.2) is 39.3 Å². The Morgan fingerprint density at radius 2 is 2.57 bits per heavy atom. The number of aromatic nitrogens is 3. The van der Waals surface area contributed by atoms with Crippen molar-refractivity contribution in [2.75, 3.05) is 13.1 Å². The molecule has 0 unspecified atom stereocenters. The molecule has 0 saturated heterocycles. The molecule has 0 fully saturated rings. The Balaban J connectivity index is 2.69. The molecule has 1 heterocycles. The standard InChI is InChI=1S/C9H12N4O/c1-3-5-13(6-4-2)9(14)8-7-10-12-11-8/h1,7H,4-6H2,2H3,(H,10,11,12). The van der Waals surface area contributed by atoms with Crippen molar-refractivity contribution in [1.82, 2.24) is 20.3 Å². The average Bonchev–Trinajstić information content (AvgIpc) is 2.69.